The van der Waals surface area contributed by atoms with Crippen molar-refractivity contribution < 1.29 is 9.47 Å². The van der Waals surface area contributed by atoms with E-state index in [0.29, 0.717) is 6.61 Å². The van der Waals surface area contributed by atoms with Crippen molar-refractivity contribution in [2.45, 2.75) is 40.0 Å². The molecule has 0 fully saturated rings. The molecule has 0 aliphatic rings. The van der Waals surface area contributed by atoms with Crippen molar-refractivity contribution >= 4 is 5.84 Å². The number of amidine groups is 1. The van der Waals surface area contributed by atoms with Crippen molar-refractivity contribution in [2.75, 3.05) is 13.2 Å². The van der Waals surface area contributed by atoms with Crippen LogP contribution in [0, 0.1) is 10.8 Å². The van der Waals surface area contributed by atoms with Crippen LogP contribution >= 0.6 is 0 Å². The zero-order chi connectivity index (χ0) is 15.0. The summed E-state index contributed by atoms with van der Waals surface area (Å²) in [5.74, 6) is 1.95. The molecule has 1 rings (SSSR count). The third kappa shape index (κ3) is 5.51. The summed E-state index contributed by atoms with van der Waals surface area (Å²) in [5.41, 5.74) is 5.30. The van der Waals surface area contributed by atoms with Crippen LogP contribution in [0.3, 0.4) is 0 Å². The number of hydrogen-bond acceptors (Lipinski definition) is 3. The zero-order valence-electron chi connectivity index (χ0n) is 12.7. The Bertz CT molecular complexity index is 413. The Morgan fingerprint density at radius 3 is 2.05 bits per heavy atom. The normalized spacial score (nSPS) is 11.2. The van der Waals surface area contributed by atoms with Crippen LogP contribution in [0.1, 0.15) is 40.0 Å². The Morgan fingerprint density at radius 2 is 1.60 bits per heavy atom. The van der Waals surface area contributed by atoms with Crippen LogP contribution in [0.2, 0.25) is 0 Å². The second-order valence-electron chi connectivity index (χ2n) is 5.57. The average molecular weight is 278 g/mol. The lowest BCUT2D eigenvalue weighted by Gasteiger charge is -2.22. The van der Waals surface area contributed by atoms with Crippen molar-refractivity contribution in [2.24, 2.45) is 11.1 Å². The van der Waals surface area contributed by atoms with Gasteiger partial charge in [0.25, 0.3) is 0 Å². The Labute approximate surface area is 121 Å². The molecule has 4 nitrogen and oxygen atoms in total. The molecule has 0 heterocycles. The van der Waals surface area contributed by atoms with Gasteiger partial charge in [-0.25, -0.2) is 0 Å². The van der Waals surface area contributed by atoms with Gasteiger partial charge in [-0.15, -0.1) is 0 Å². The fourth-order valence-corrected chi connectivity index (χ4v) is 1.69. The summed E-state index contributed by atoms with van der Waals surface area (Å²) in [5, 5.41) is 7.50. The first-order valence-electron chi connectivity index (χ1n) is 7.16. The summed E-state index contributed by atoms with van der Waals surface area (Å²) >= 11 is 0. The smallest absolute Gasteiger partial charge is 0.119 e. The quantitative estimate of drug-likeness (QED) is 0.412. The van der Waals surface area contributed by atoms with E-state index in [1.165, 1.54) is 0 Å². The maximum Gasteiger partial charge on any atom is 0.119 e. The standard InChI is InChI=1S/C16H26N2O2/c1-4-11-19-13-6-8-14(9-7-13)20-12-5-10-16(2,3)15(17)18/h6-9H,4-5,10-12H2,1-3H3,(H3,17,18). The number of nitrogens with one attached hydrogen (secondary N) is 1. The monoisotopic (exact) mass is 278 g/mol. The van der Waals surface area contributed by atoms with Gasteiger partial charge in [-0.2, -0.15) is 0 Å². The minimum Gasteiger partial charge on any atom is -0.494 e. The van der Waals surface area contributed by atoms with Gasteiger partial charge in [0, 0.05) is 5.41 Å². The van der Waals surface area contributed by atoms with Crippen LogP contribution in [-0.4, -0.2) is 19.0 Å². The molecule has 0 atom stereocenters. The Morgan fingerprint density at radius 1 is 1.10 bits per heavy atom. The van der Waals surface area contributed by atoms with E-state index in [2.05, 4.69) is 6.92 Å². The van der Waals surface area contributed by atoms with E-state index in [4.69, 9.17) is 20.6 Å². The number of nitrogens with two attached hydrogens (primary N) is 1. The first-order valence-corrected chi connectivity index (χ1v) is 7.16. The number of rotatable bonds is 9. The lowest BCUT2D eigenvalue weighted by Crippen LogP contribution is -2.31. The van der Waals surface area contributed by atoms with E-state index in [1.54, 1.807) is 0 Å². The predicted octanol–water partition coefficient (Wildman–Crippen LogP) is 3.60. The molecule has 0 aliphatic carbocycles. The molecule has 1 aromatic rings. The maximum absolute atomic E-state index is 7.50. The number of hydrogen-bond donors (Lipinski definition) is 2. The molecule has 112 valence electrons. The Kier molecular flexibility index (Phi) is 6.36. The Hall–Kier alpha value is -1.71. The summed E-state index contributed by atoms with van der Waals surface area (Å²) in [6, 6.07) is 7.68. The van der Waals surface area contributed by atoms with Gasteiger partial charge in [0.1, 0.15) is 11.5 Å². The third-order valence-electron chi connectivity index (χ3n) is 3.24. The molecular formula is C16H26N2O2. The van der Waals surface area contributed by atoms with E-state index in [0.717, 1.165) is 37.4 Å². The molecule has 0 aliphatic heterocycles. The van der Waals surface area contributed by atoms with Crippen molar-refractivity contribution in [3.05, 3.63) is 24.3 Å². The van der Waals surface area contributed by atoms with Crippen molar-refractivity contribution in [1.29, 1.82) is 5.41 Å². The summed E-state index contributed by atoms with van der Waals surface area (Å²) in [6.07, 6.45) is 2.73. The van der Waals surface area contributed by atoms with Gasteiger partial charge in [-0.05, 0) is 43.5 Å². The second-order valence-corrected chi connectivity index (χ2v) is 5.57. The van der Waals surface area contributed by atoms with E-state index in [1.807, 2.05) is 38.1 Å². The largest absolute Gasteiger partial charge is 0.494 e. The highest BCUT2D eigenvalue weighted by atomic mass is 16.5. The van der Waals surface area contributed by atoms with E-state index >= 15 is 0 Å². The second kappa shape index (κ2) is 7.78. The first kappa shape index (κ1) is 16.3. The van der Waals surface area contributed by atoms with Crippen LogP contribution in [0.25, 0.3) is 0 Å². The topological polar surface area (TPSA) is 68.3 Å². The Balaban J connectivity index is 2.30. The van der Waals surface area contributed by atoms with Crippen molar-refractivity contribution in [3.8, 4) is 11.5 Å². The van der Waals surface area contributed by atoms with E-state index in [9.17, 15) is 0 Å². The molecule has 4 heteroatoms. The molecule has 0 unspecified atom stereocenters. The van der Waals surface area contributed by atoms with Crippen LogP contribution in [0.5, 0.6) is 11.5 Å². The van der Waals surface area contributed by atoms with Gasteiger partial charge >= 0.3 is 0 Å². The summed E-state index contributed by atoms with van der Waals surface area (Å²) in [6.45, 7) is 7.41. The fourth-order valence-electron chi connectivity index (χ4n) is 1.69. The molecule has 0 spiro atoms. The van der Waals surface area contributed by atoms with Gasteiger partial charge in [-0.1, -0.05) is 20.8 Å². The minimum absolute atomic E-state index is 0.231. The molecule has 0 aromatic heterocycles. The van der Waals surface area contributed by atoms with Crippen molar-refractivity contribution in [1.82, 2.24) is 0 Å². The highest BCUT2D eigenvalue weighted by Crippen LogP contribution is 2.22. The lowest BCUT2D eigenvalue weighted by atomic mass is 9.87. The van der Waals surface area contributed by atoms with Gasteiger partial charge in [0.15, 0.2) is 0 Å². The molecule has 0 saturated carbocycles. The lowest BCUT2D eigenvalue weighted by molar-refractivity contribution is 0.285. The predicted molar refractivity (Wildman–Crippen MR) is 82.7 cm³/mol. The molecule has 3 N–H and O–H groups in total. The van der Waals surface area contributed by atoms with Crippen LogP contribution in [-0.2, 0) is 0 Å². The highest BCUT2D eigenvalue weighted by Gasteiger charge is 2.20. The third-order valence-corrected chi connectivity index (χ3v) is 3.24. The maximum atomic E-state index is 7.50. The van der Waals surface area contributed by atoms with Crippen LogP contribution in [0.4, 0.5) is 0 Å². The van der Waals surface area contributed by atoms with Gasteiger partial charge in [0.2, 0.25) is 0 Å². The zero-order valence-corrected chi connectivity index (χ0v) is 12.7. The summed E-state index contributed by atoms with van der Waals surface area (Å²) < 4.78 is 11.2. The van der Waals surface area contributed by atoms with E-state index < -0.39 is 0 Å². The highest BCUT2D eigenvalue weighted by molar-refractivity contribution is 5.82. The molecule has 1 aromatic carbocycles. The summed E-state index contributed by atoms with van der Waals surface area (Å²) in [4.78, 5) is 0. The van der Waals surface area contributed by atoms with Crippen molar-refractivity contribution in [3.63, 3.8) is 0 Å². The van der Waals surface area contributed by atoms with Gasteiger partial charge in [-0.3, -0.25) is 5.41 Å². The van der Waals surface area contributed by atoms with Crippen LogP contribution in [0.15, 0.2) is 24.3 Å². The first-order chi connectivity index (χ1) is 9.45. The molecule has 0 saturated heterocycles. The molecule has 20 heavy (non-hydrogen) atoms. The minimum atomic E-state index is -0.249. The molecule has 0 bridgehead atoms. The fraction of sp³-hybridized carbons (Fsp3) is 0.562. The summed E-state index contributed by atoms with van der Waals surface area (Å²) in [7, 11) is 0. The van der Waals surface area contributed by atoms with Crippen LogP contribution < -0.4 is 15.2 Å². The SMILES string of the molecule is CCCOc1ccc(OCCCC(C)(C)C(=N)N)cc1. The number of benzene rings is 1. The van der Waals surface area contributed by atoms with Gasteiger partial charge in [0.05, 0.1) is 19.0 Å². The molecule has 0 amide bonds. The molecular weight excluding hydrogens is 252 g/mol. The average Bonchev–Trinajstić information content (AvgIpc) is 2.42. The number of ether oxygens (including phenoxy) is 2. The van der Waals surface area contributed by atoms with E-state index in [-0.39, 0.29) is 11.3 Å². The van der Waals surface area contributed by atoms with Gasteiger partial charge < -0.3 is 15.2 Å². The molecule has 0 radical (unpaired) electrons.